The van der Waals surface area contributed by atoms with Gasteiger partial charge in [0, 0.05) is 0 Å². The Hall–Kier alpha value is -1.10. The van der Waals surface area contributed by atoms with Gasteiger partial charge in [0.15, 0.2) is 6.10 Å². The second kappa shape index (κ2) is 6.42. The highest BCUT2D eigenvalue weighted by Gasteiger charge is 2.17. The van der Waals surface area contributed by atoms with Crippen LogP contribution in [0.15, 0.2) is 0 Å². The van der Waals surface area contributed by atoms with Gasteiger partial charge in [-0.05, 0) is 6.42 Å². The fourth-order valence-corrected chi connectivity index (χ4v) is 0.850. The SMILES string of the molecule is CCCCC(OCC(N)=O)C(=O)O. The molecule has 5 nitrogen and oxygen atoms in total. The van der Waals surface area contributed by atoms with Crippen LogP contribution in [0.2, 0.25) is 0 Å². The van der Waals surface area contributed by atoms with Crippen LogP contribution >= 0.6 is 0 Å². The van der Waals surface area contributed by atoms with Gasteiger partial charge < -0.3 is 15.6 Å². The summed E-state index contributed by atoms with van der Waals surface area (Å²) in [5.74, 6) is -1.70. The smallest absolute Gasteiger partial charge is 0.332 e. The molecule has 0 aromatic rings. The lowest BCUT2D eigenvalue weighted by Gasteiger charge is -2.11. The van der Waals surface area contributed by atoms with Crippen molar-refractivity contribution in [3.63, 3.8) is 0 Å². The summed E-state index contributed by atoms with van der Waals surface area (Å²) in [6.45, 7) is 1.62. The van der Waals surface area contributed by atoms with Gasteiger partial charge in [-0.1, -0.05) is 19.8 Å². The number of carbonyl (C=O) groups is 2. The molecule has 0 spiro atoms. The molecule has 0 saturated carbocycles. The first-order valence-electron chi connectivity index (χ1n) is 4.20. The summed E-state index contributed by atoms with van der Waals surface area (Å²) < 4.78 is 4.79. The van der Waals surface area contributed by atoms with E-state index in [9.17, 15) is 9.59 Å². The standard InChI is InChI=1S/C8H15NO4/c1-2-3-4-6(8(11)12)13-5-7(9)10/h6H,2-5H2,1H3,(H2,9,10)(H,11,12). The Morgan fingerprint density at radius 2 is 2.15 bits per heavy atom. The first-order chi connectivity index (χ1) is 6.07. The molecule has 1 amide bonds. The quantitative estimate of drug-likeness (QED) is 0.595. The van der Waals surface area contributed by atoms with Crippen LogP contribution in [-0.4, -0.2) is 29.7 Å². The van der Waals surface area contributed by atoms with Crippen molar-refractivity contribution in [2.45, 2.75) is 32.3 Å². The van der Waals surface area contributed by atoms with Crippen LogP contribution in [-0.2, 0) is 14.3 Å². The molecule has 5 heteroatoms. The molecule has 76 valence electrons. The minimum atomic E-state index is -1.05. The topological polar surface area (TPSA) is 89.6 Å². The van der Waals surface area contributed by atoms with Crippen molar-refractivity contribution in [3.8, 4) is 0 Å². The number of rotatable bonds is 7. The van der Waals surface area contributed by atoms with Crippen LogP contribution in [0.1, 0.15) is 26.2 Å². The van der Waals surface area contributed by atoms with E-state index in [-0.39, 0.29) is 6.61 Å². The van der Waals surface area contributed by atoms with Gasteiger partial charge in [0.1, 0.15) is 6.61 Å². The van der Waals surface area contributed by atoms with Gasteiger partial charge in [0.25, 0.3) is 0 Å². The summed E-state index contributed by atoms with van der Waals surface area (Å²) in [4.78, 5) is 20.8. The zero-order chi connectivity index (χ0) is 10.3. The van der Waals surface area contributed by atoms with Crippen molar-refractivity contribution in [2.75, 3.05) is 6.61 Å². The maximum atomic E-state index is 10.5. The predicted molar refractivity (Wildman–Crippen MR) is 46.1 cm³/mol. The summed E-state index contributed by atoms with van der Waals surface area (Å²) in [6.07, 6.45) is 1.16. The molecular formula is C8H15NO4. The average molecular weight is 189 g/mol. The number of aliphatic carboxylic acids is 1. The second-order valence-corrected chi connectivity index (χ2v) is 2.75. The highest BCUT2D eigenvalue weighted by molar-refractivity contribution is 5.76. The van der Waals surface area contributed by atoms with Gasteiger partial charge in [-0.25, -0.2) is 4.79 Å². The number of hydrogen-bond donors (Lipinski definition) is 2. The molecule has 0 rings (SSSR count). The number of nitrogens with two attached hydrogens (primary N) is 1. The Kier molecular flexibility index (Phi) is 5.88. The zero-order valence-corrected chi connectivity index (χ0v) is 7.66. The van der Waals surface area contributed by atoms with Gasteiger partial charge in [-0.3, -0.25) is 4.79 Å². The fourth-order valence-electron chi connectivity index (χ4n) is 0.850. The highest BCUT2D eigenvalue weighted by Crippen LogP contribution is 2.04. The van der Waals surface area contributed by atoms with Crippen LogP contribution in [0.25, 0.3) is 0 Å². The van der Waals surface area contributed by atoms with Crippen molar-refractivity contribution >= 4 is 11.9 Å². The van der Waals surface area contributed by atoms with Crippen molar-refractivity contribution in [1.82, 2.24) is 0 Å². The second-order valence-electron chi connectivity index (χ2n) is 2.75. The number of amides is 1. The summed E-state index contributed by atoms with van der Waals surface area (Å²) >= 11 is 0. The molecule has 1 unspecified atom stereocenters. The monoisotopic (exact) mass is 189 g/mol. The van der Waals surface area contributed by atoms with Crippen molar-refractivity contribution in [3.05, 3.63) is 0 Å². The molecule has 3 N–H and O–H groups in total. The minimum Gasteiger partial charge on any atom is -0.479 e. The summed E-state index contributed by atoms with van der Waals surface area (Å²) in [5.41, 5.74) is 4.81. The molecular weight excluding hydrogens is 174 g/mol. The number of carboxylic acid groups (broad SMARTS) is 1. The molecule has 0 saturated heterocycles. The van der Waals surface area contributed by atoms with Crippen LogP contribution < -0.4 is 5.73 Å². The fraction of sp³-hybridized carbons (Fsp3) is 0.750. The van der Waals surface area contributed by atoms with Gasteiger partial charge >= 0.3 is 5.97 Å². The molecule has 0 fully saturated rings. The van der Waals surface area contributed by atoms with Gasteiger partial charge in [-0.15, -0.1) is 0 Å². The highest BCUT2D eigenvalue weighted by atomic mass is 16.5. The van der Waals surface area contributed by atoms with Crippen molar-refractivity contribution < 1.29 is 19.4 Å². The van der Waals surface area contributed by atoms with Gasteiger partial charge in [0.2, 0.25) is 5.91 Å². The number of hydrogen-bond acceptors (Lipinski definition) is 3. The summed E-state index contributed by atoms with van der Waals surface area (Å²) in [6, 6.07) is 0. The molecule has 1 atom stereocenters. The van der Waals surface area contributed by atoms with E-state index in [2.05, 4.69) is 0 Å². The Morgan fingerprint density at radius 3 is 2.54 bits per heavy atom. The Bertz CT molecular complexity index is 181. The zero-order valence-electron chi connectivity index (χ0n) is 7.66. The lowest BCUT2D eigenvalue weighted by atomic mass is 10.1. The van der Waals surface area contributed by atoms with Crippen LogP contribution in [0, 0.1) is 0 Å². The first-order valence-corrected chi connectivity index (χ1v) is 4.20. The van der Waals surface area contributed by atoms with Crippen LogP contribution in [0.5, 0.6) is 0 Å². The van der Waals surface area contributed by atoms with E-state index in [4.69, 9.17) is 15.6 Å². The number of unbranched alkanes of at least 4 members (excludes halogenated alkanes) is 1. The maximum Gasteiger partial charge on any atom is 0.332 e. The van der Waals surface area contributed by atoms with Crippen LogP contribution in [0.3, 0.4) is 0 Å². The predicted octanol–water partition coefficient (Wildman–Crippen LogP) is 0.132. The van der Waals surface area contributed by atoms with Gasteiger partial charge in [-0.2, -0.15) is 0 Å². The molecule has 0 aliphatic carbocycles. The van der Waals surface area contributed by atoms with E-state index in [1.165, 1.54) is 0 Å². The number of carboxylic acids is 1. The third kappa shape index (κ3) is 6.10. The number of primary amides is 1. The summed E-state index contributed by atoms with van der Waals surface area (Å²) in [5, 5.41) is 8.64. The van der Waals surface area contributed by atoms with Crippen molar-refractivity contribution in [1.29, 1.82) is 0 Å². The lowest BCUT2D eigenvalue weighted by molar-refractivity contribution is -0.152. The Balaban J connectivity index is 3.80. The van der Waals surface area contributed by atoms with Crippen molar-refractivity contribution in [2.24, 2.45) is 5.73 Å². The number of carbonyl (C=O) groups excluding carboxylic acids is 1. The molecule has 0 aromatic heterocycles. The van der Waals surface area contributed by atoms with Gasteiger partial charge in [0.05, 0.1) is 0 Å². The third-order valence-electron chi connectivity index (χ3n) is 1.52. The molecule has 0 bridgehead atoms. The molecule has 0 radical (unpaired) electrons. The summed E-state index contributed by atoms with van der Waals surface area (Å²) in [7, 11) is 0. The maximum absolute atomic E-state index is 10.5. The largest absolute Gasteiger partial charge is 0.479 e. The van der Waals surface area contributed by atoms with E-state index in [1.54, 1.807) is 0 Å². The van der Waals surface area contributed by atoms with E-state index in [0.29, 0.717) is 6.42 Å². The van der Waals surface area contributed by atoms with Crippen LogP contribution in [0.4, 0.5) is 0 Å². The van der Waals surface area contributed by atoms with E-state index in [0.717, 1.165) is 12.8 Å². The molecule has 0 heterocycles. The molecule has 0 aromatic carbocycles. The minimum absolute atomic E-state index is 0.333. The number of ether oxygens (including phenoxy) is 1. The molecule has 0 aliphatic heterocycles. The first kappa shape index (κ1) is 11.9. The lowest BCUT2D eigenvalue weighted by Crippen LogP contribution is -2.29. The van der Waals surface area contributed by atoms with E-state index < -0.39 is 18.0 Å². The Labute approximate surface area is 76.9 Å². The normalized spacial score (nSPS) is 12.4. The van der Waals surface area contributed by atoms with E-state index in [1.807, 2.05) is 6.92 Å². The molecule has 0 aliphatic rings. The average Bonchev–Trinajstić information content (AvgIpc) is 2.03. The van der Waals surface area contributed by atoms with E-state index >= 15 is 0 Å². The molecule has 13 heavy (non-hydrogen) atoms. The third-order valence-corrected chi connectivity index (χ3v) is 1.52. The Morgan fingerprint density at radius 1 is 1.54 bits per heavy atom.